The van der Waals surface area contributed by atoms with Gasteiger partial charge in [0.2, 0.25) is 0 Å². The van der Waals surface area contributed by atoms with Gasteiger partial charge >= 0.3 is 0 Å². The standard InChI is InChI=1S/C37H25N3/c1-3-9-26(10-4-1)29-16-20-35-32(23-29)33-24-30(27-11-5-2-6-12-27)17-21-36(33)40(35)31-18-14-28(15-19-31)34-25-39-22-8-7-13-37(39)38-34/h1-25H. The van der Waals surface area contributed by atoms with E-state index in [4.69, 9.17) is 4.98 Å². The summed E-state index contributed by atoms with van der Waals surface area (Å²) in [4.78, 5) is 4.81. The van der Waals surface area contributed by atoms with Crippen molar-refractivity contribution in [1.82, 2.24) is 14.0 Å². The van der Waals surface area contributed by atoms with E-state index in [0.29, 0.717) is 0 Å². The molecule has 40 heavy (non-hydrogen) atoms. The average Bonchev–Trinajstić information content (AvgIpc) is 3.61. The van der Waals surface area contributed by atoms with Crippen LogP contribution in [0.5, 0.6) is 0 Å². The second-order valence-electron chi connectivity index (χ2n) is 10.2. The normalized spacial score (nSPS) is 11.5. The molecule has 3 nitrogen and oxygen atoms in total. The van der Waals surface area contributed by atoms with Gasteiger partial charge in [0.25, 0.3) is 0 Å². The first-order valence-corrected chi connectivity index (χ1v) is 13.6. The van der Waals surface area contributed by atoms with Crippen molar-refractivity contribution in [2.24, 2.45) is 0 Å². The zero-order valence-electron chi connectivity index (χ0n) is 21.8. The van der Waals surface area contributed by atoms with Crippen molar-refractivity contribution in [2.45, 2.75) is 0 Å². The molecule has 0 spiro atoms. The van der Waals surface area contributed by atoms with Crippen molar-refractivity contribution in [2.75, 3.05) is 0 Å². The number of nitrogens with zero attached hydrogens (tertiary/aromatic N) is 3. The fraction of sp³-hybridized carbons (Fsp3) is 0. The van der Waals surface area contributed by atoms with Gasteiger partial charge in [-0.1, -0.05) is 91.0 Å². The molecule has 5 aromatic carbocycles. The minimum atomic E-state index is 0.951. The monoisotopic (exact) mass is 511 g/mol. The van der Waals surface area contributed by atoms with E-state index in [9.17, 15) is 0 Å². The highest BCUT2D eigenvalue weighted by Crippen LogP contribution is 2.37. The molecule has 0 bridgehead atoms. The third-order valence-electron chi connectivity index (χ3n) is 7.76. The van der Waals surface area contributed by atoms with E-state index in [1.54, 1.807) is 0 Å². The lowest BCUT2D eigenvalue weighted by molar-refractivity contribution is 1.18. The Kier molecular flexibility index (Phi) is 5.14. The number of fused-ring (bicyclic) bond motifs is 4. The lowest BCUT2D eigenvalue weighted by Crippen LogP contribution is -1.94. The SMILES string of the molecule is c1ccc(-c2ccc3c(c2)c2cc(-c4ccccc4)ccc2n3-c2ccc(-c3cn4ccccc4n3)cc2)cc1. The second kappa shape index (κ2) is 9.11. The molecule has 0 amide bonds. The molecular formula is C37H25N3. The largest absolute Gasteiger partial charge is 0.309 e. The molecule has 0 aliphatic carbocycles. The summed E-state index contributed by atoms with van der Waals surface area (Å²) in [7, 11) is 0. The first kappa shape index (κ1) is 22.6. The van der Waals surface area contributed by atoms with Crippen LogP contribution < -0.4 is 0 Å². The molecule has 0 aliphatic rings. The molecular weight excluding hydrogens is 486 g/mol. The fourth-order valence-corrected chi connectivity index (χ4v) is 5.78. The molecule has 0 saturated carbocycles. The van der Waals surface area contributed by atoms with E-state index >= 15 is 0 Å². The Bertz CT molecular complexity index is 2000. The Hall–Kier alpha value is -5.41. The number of imidazole rings is 1. The molecule has 0 saturated heterocycles. The van der Waals surface area contributed by atoms with Gasteiger partial charge in [-0.15, -0.1) is 0 Å². The van der Waals surface area contributed by atoms with Crippen molar-refractivity contribution >= 4 is 27.5 Å². The summed E-state index contributed by atoms with van der Waals surface area (Å²) in [5.74, 6) is 0. The molecule has 0 atom stereocenters. The molecule has 0 N–H and O–H groups in total. The smallest absolute Gasteiger partial charge is 0.137 e. The molecule has 8 rings (SSSR count). The summed E-state index contributed by atoms with van der Waals surface area (Å²) in [5, 5.41) is 2.50. The zero-order valence-corrected chi connectivity index (χ0v) is 21.8. The highest BCUT2D eigenvalue weighted by Gasteiger charge is 2.15. The number of hydrogen-bond acceptors (Lipinski definition) is 1. The van der Waals surface area contributed by atoms with Crippen LogP contribution in [0.1, 0.15) is 0 Å². The van der Waals surface area contributed by atoms with Crippen LogP contribution in [0.4, 0.5) is 0 Å². The van der Waals surface area contributed by atoms with Gasteiger partial charge in [-0.2, -0.15) is 0 Å². The summed E-state index contributed by atoms with van der Waals surface area (Å²) >= 11 is 0. The predicted molar refractivity (Wildman–Crippen MR) is 166 cm³/mol. The maximum Gasteiger partial charge on any atom is 0.137 e. The van der Waals surface area contributed by atoms with E-state index in [2.05, 4.69) is 136 Å². The van der Waals surface area contributed by atoms with Crippen molar-refractivity contribution in [3.8, 4) is 39.2 Å². The van der Waals surface area contributed by atoms with Crippen LogP contribution in [-0.4, -0.2) is 14.0 Å². The highest BCUT2D eigenvalue weighted by atomic mass is 15.0. The van der Waals surface area contributed by atoms with Gasteiger partial charge in [-0.05, 0) is 70.8 Å². The molecule has 188 valence electrons. The fourth-order valence-electron chi connectivity index (χ4n) is 5.78. The van der Waals surface area contributed by atoms with Gasteiger partial charge in [-0.3, -0.25) is 0 Å². The molecule has 0 unspecified atom stereocenters. The van der Waals surface area contributed by atoms with Crippen LogP contribution in [0.25, 0.3) is 66.7 Å². The summed E-state index contributed by atoms with van der Waals surface area (Å²) in [5.41, 5.74) is 11.4. The van der Waals surface area contributed by atoms with E-state index in [1.165, 1.54) is 44.1 Å². The Morgan fingerprint density at radius 3 is 1.57 bits per heavy atom. The van der Waals surface area contributed by atoms with Crippen molar-refractivity contribution in [1.29, 1.82) is 0 Å². The first-order chi connectivity index (χ1) is 19.8. The van der Waals surface area contributed by atoms with Gasteiger partial charge in [0.15, 0.2) is 0 Å². The maximum absolute atomic E-state index is 4.81. The molecule has 0 fully saturated rings. The van der Waals surface area contributed by atoms with Crippen LogP contribution in [0, 0.1) is 0 Å². The van der Waals surface area contributed by atoms with E-state index in [0.717, 1.165) is 22.6 Å². The molecule has 0 aliphatic heterocycles. The molecule has 3 heteroatoms. The predicted octanol–water partition coefficient (Wildman–Crippen LogP) is 9.43. The van der Waals surface area contributed by atoms with Crippen LogP contribution >= 0.6 is 0 Å². The summed E-state index contributed by atoms with van der Waals surface area (Å²) < 4.78 is 4.44. The maximum atomic E-state index is 4.81. The number of rotatable bonds is 4. The van der Waals surface area contributed by atoms with E-state index in [-0.39, 0.29) is 0 Å². The number of aromatic nitrogens is 3. The van der Waals surface area contributed by atoms with Gasteiger partial charge in [0, 0.05) is 34.4 Å². The topological polar surface area (TPSA) is 22.2 Å². The van der Waals surface area contributed by atoms with Crippen molar-refractivity contribution in [3.05, 3.63) is 152 Å². The Morgan fingerprint density at radius 1 is 0.450 bits per heavy atom. The summed E-state index contributed by atoms with van der Waals surface area (Å²) in [6, 6.07) is 49.7. The molecule has 8 aromatic rings. The third-order valence-corrected chi connectivity index (χ3v) is 7.76. The van der Waals surface area contributed by atoms with Gasteiger partial charge in [-0.25, -0.2) is 4.98 Å². The Labute approximate surface area is 232 Å². The quantitative estimate of drug-likeness (QED) is 0.231. The molecule has 3 heterocycles. The molecule has 0 radical (unpaired) electrons. The van der Waals surface area contributed by atoms with E-state index < -0.39 is 0 Å². The minimum Gasteiger partial charge on any atom is -0.309 e. The summed E-state index contributed by atoms with van der Waals surface area (Å²) in [6.45, 7) is 0. The van der Waals surface area contributed by atoms with Crippen molar-refractivity contribution < 1.29 is 0 Å². The van der Waals surface area contributed by atoms with Crippen LogP contribution in [-0.2, 0) is 0 Å². The van der Waals surface area contributed by atoms with Crippen molar-refractivity contribution in [3.63, 3.8) is 0 Å². The Balaban J connectivity index is 1.31. The van der Waals surface area contributed by atoms with Gasteiger partial charge < -0.3 is 8.97 Å². The lowest BCUT2D eigenvalue weighted by atomic mass is 10.0. The highest BCUT2D eigenvalue weighted by molar-refractivity contribution is 6.11. The molecule has 3 aromatic heterocycles. The van der Waals surface area contributed by atoms with Crippen LogP contribution in [0.2, 0.25) is 0 Å². The second-order valence-corrected chi connectivity index (χ2v) is 10.2. The average molecular weight is 512 g/mol. The summed E-state index contributed by atoms with van der Waals surface area (Å²) in [6.07, 6.45) is 4.12. The number of hydrogen-bond donors (Lipinski definition) is 0. The van der Waals surface area contributed by atoms with Gasteiger partial charge in [0.05, 0.1) is 16.7 Å². The number of pyridine rings is 1. The lowest BCUT2D eigenvalue weighted by Gasteiger charge is -2.09. The van der Waals surface area contributed by atoms with Crippen LogP contribution in [0.15, 0.2) is 152 Å². The first-order valence-electron chi connectivity index (χ1n) is 13.6. The Morgan fingerprint density at radius 2 is 1.00 bits per heavy atom. The van der Waals surface area contributed by atoms with E-state index in [1.807, 2.05) is 24.4 Å². The van der Waals surface area contributed by atoms with Crippen LogP contribution in [0.3, 0.4) is 0 Å². The van der Waals surface area contributed by atoms with Gasteiger partial charge in [0.1, 0.15) is 5.65 Å². The number of benzene rings is 5. The zero-order chi connectivity index (χ0) is 26.5. The minimum absolute atomic E-state index is 0.951. The third kappa shape index (κ3) is 3.71.